The Balaban J connectivity index is 1.85. The smallest absolute Gasteiger partial charge is 0.317 e. The van der Waals surface area contributed by atoms with Gasteiger partial charge in [0.05, 0.1) is 6.04 Å². The van der Waals surface area contributed by atoms with Crippen molar-refractivity contribution in [3.05, 3.63) is 65.0 Å². The minimum Gasteiger partial charge on any atom is -0.317 e. The van der Waals surface area contributed by atoms with E-state index in [2.05, 4.69) is 5.32 Å². The molecule has 1 aliphatic heterocycles. The van der Waals surface area contributed by atoms with Gasteiger partial charge in [-0.05, 0) is 61.6 Å². The predicted molar refractivity (Wildman–Crippen MR) is 99.2 cm³/mol. The molecule has 3 nitrogen and oxygen atoms in total. The maximum absolute atomic E-state index is 13.7. The Morgan fingerprint density at radius 3 is 2.72 bits per heavy atom. The van der Waals surface area contributed by atoms with Crippen molar-refractivity contribution >= 4 is 11.7 Å². The topological polar surface area (TPSA) is 32.3 Å². The van der Waals surface area contributed by atoms with Gasteiger partial charge in [-0.15, -0.1) is 0 Å². The molecule has 0 spiro atoms. The van der Waals surface area contributed by atoms with Gasteiger partial charge in [0.25, 0.3) is 0 Å². The summed E-state index contributed by atoms with van der Waals surface area (Å²) < 4.78 is 13.7. The highest BCUT2D eigenvalue weighted by atomic mass is 19.1. The monoisotopic (exact) mass is 340 g/mol. The molecule has 1 fully saturated rings. The number of urea groups is 1. The lowest BCUT2D eigenvalue weighted by molar-refractivity contribution is 0.189. The Morgan fingerprint density at radius 2 is 1.92 bits per heavy atom. The van der Waals surface area contributed by atoms with Gasteiger partial charge in [0.2, 0.25) is 0 Å². The molecule has 0 bridgehead atoms. The number of anilines is 1. The zero-order valence-electron chi connectivity index (χ0n) is 14.9. The fourth-order valence-electron chi connectivity index (χ4n) is 3.49. The van der Waals surface area contributed by atoms with E-state index in [0.29, 0.717) is 6.54 Å². The lowest BCUT2D eigenvalue weighted by Crippen LogP contribution is -2.38. The van der Waals surface area contributed by atoms with E-state index in [-0.39, 0.29) is 17.9 Å². The van der Waals surface area contributed by atoms with Crippen LogP contribution in [0.15, 0.2) is 42.5 Å². The van der Waals surface area contributed by atoms with Crippen LogP contribution in [0.5, 0.6) is 0 Å². The first-order chi connectivity index (χ1) is 12.1. The van der Waals surface area contributed by atoms with E-state index < -0.39 is 0 Å². The number of rotatable bonds is 2. The van der Waals surface area contributed by atoms with Gasteiger partial charge in [-0.2, -0.15) is 0 Å². The summed E-state index contributed by atoms with van der Waals surface area (Å²) in [6.07, 6.45) is 3.99. The van der Waals surface area contributed by atoms with Crippen LogP contribution in [0.1, 0.15) is 48.4 Å². The average Bonchev–Trinajstić information content (AvgIpc) is 2.85. The van der Waals surface area contributed by atoms with Crippen LogP contribution in [0.4, 0.5) is 14.9 Å². The second-order valence-corrected chi connectivity index (χ2v) is 6.79. The molecule has 0 radical (unpaired) electrons. The van der Waals surface area contributed by atoms with Crippen LogP contribution in [-0.2, 0) is 0 Å². The van der Waals surface area contributed by atoms with Crippen LogP contribution >= 0.6 is 0 Å². The van der Waals surface area contributed by atoms with Gasteiger partial charge in [0, 0.05) is 12.2 Å². The van der Waals surface area contributed by atoms with E-state index in [1.807, 2.05) is 43.0 Å². The van der Waals surface area contributed by atoms with Gasteiger partial charge in [-0.1, -0.05) is 37.1 Å². The van der Waals surface area contributed by atoms with Gasteiger partial charge in [-0.25, -0.2) is 9.18 Å². The van der Waals surface area contributed by atoms with Gasteiger partial charge >= 0.3 is 6.03 Å². The summed E-state index contributed by atoms with van der Waals surface area (Å²) in [7, 11) is 0. The molecule has 1 aliphatic rings. The molecule has 2 aromatic rings. The van der Waals surface area contributed by atoms with Crippen LogP contribution in [0.3, 0.4) is 0 Å². The number of nitrogens with zero attached hydrogens (tertiary/aromatic N) is 1. The second kappa shape index (κ2) is 7.68. The van der Waals surface area contributed by atoms with Crippen molar-refractivity contribution in [2.24, 2.45) is 0 Å². The molecular weight excluding hydrogens is 315 g/mol. The quantitative estimate of drug-likeness (QED) is 0.759. The maximum Gasteiger partial charge on any atom is 0.322 e. The molecule has 2 amide bonds. The molecule has 1 N–H and O–H groups in total. The molecule has 4 heteroatoms. The Bertz CT molecular complexity index is 759. The van der Waals surface area contributed by atoms with E-state index in [1.165, 1.54) is 6.07 Å². The number of carbonyl (C=O) groups is 1. The van der Waals surface area contributed by atoms with Crippen molar-refractivity contribution in [3.63, 3.8) is 0 Å². The first-order valence-electron chi connectivity index (χ1n) is 8.95. The Morgan fingerprint density at radius 1 is 1.12 bits per heavy atom. The van der Waals surface area contributed by atoms with E-state index in [9.17, 15) is 9.18 Å². The SMILES string of the molecule is Cc1cccc(NC(=O)N2CCCCC[C@H]2c2cccc(F)c2)c1C. The highest BCUT2D eigenvalue weighted by molar-refractivity contribution is 5.90. The molecule has 3 rings (SSSR count). The van der Waals surface area contributed by atoms with E-state index in [0.717, 1.165) is 48.1 Å². The summed E-state index contributed by atoms with van der Waals surface area (Å²) in [5, 5.41) is 3.06. The minimum atomic E-state index is -0.253. The van der Waals surface area contributed by atoms with E-state index >= 15 is 0 Å². The number of nitrogens with one attached hydrogen (secondary N) is 1. The van der Waals surface area contributed by atoms with Gasteiger partial charge in [0.15, 0.2) is 0 Å². The van der Waals surface area contributed by atoms with Crippen molar-refractivity contribution in [1.29, 1.82) is 0 Å². The maximum atomic E-state index is 13.7. The van der Waals surface area contributed by atoms with Crippen LogP contribution in [-0.4, -0.2) is 17.5 Å². The molecule has 0 aromatic heterocycles. The molecule has 132 valence electrons. The molecule has 25 heavy (non-hydrogen) atoms. The van der Waals surface area contributed by atoms with E-state index in [1.54, 1.807) is 12.1 Å². The molecule has 1 atom stereocenters. The van der Waals surface area contributed by atoms with Gasteiger partial charge < -0.3 is 10.2 Å². The molecular formula is C21H25FN2O. The Kier molecular flexibility index (Phi) is 5.37. The summed E-state index contributed by atoms with van der Waals surface area (Å²) in [4.78, 5) is 14.8. The molecule has 0 aliphatic carbocycles. The summed E-state index contributed by atoms with van der Waals surface area (Å²) in [5.74, 6) is -0.253. The number of likely N-dealkylation sites (tertiary alicyclic amines) is 1. The zero-order valence-corrected chi connectivity index (χ0v) is 14.9. The average molecular weight is 340 g/mol. The number of aryl methyl sites for hydroxylation is 1. The summed E-state index contributed by atoms with van der Waals surface area (Å²) in [6, 6.07) is 12.3. The molecule has 1 heterocycles. The number of carbonyl (C=O) groups excluding carboxylic acids is 1. The number of halogens is 1. The number of hydrogen-bond donors (Lipinski definition) is 1. The molecule has 1 saturated heterocycles. The van der Waals surface area contributed by atoms with Crippen LogP contribution < -0.4 is 5.32 Å². The molecule has 0 saturated carbocycles. The van der Waals surface area contributed by atoms with Crippen molar-refractivity contribution in [1.82, 2.24) is 4.90 Å². The number of benzene rings is 2. The van der Waals surface area contributed by atoms with Crippen molar-refractivity contribution < 1.29 is 9.18 Å². The predicted octanol–water partition coefficient (Wildman–Crippen LogP) is 5.59. The van der Waals surface area contributed by atoms with Gasteiger partial charge in [0.1, 0.15) is 5.82 Å². The largest absolute Gasteiger partial charge is 0.322 e. The lowest BCUT2D eigenvalue weighted by Gasteiger charge is -2.31. The fraction of sp³-hybridized carbons (Fsp3) is 0.381. The third-order valence-corrected chi connectivity index (χ3v) is 5.09. The second-order valence-electron chi connectivity index (χ2n) is 6.79. The third-order valence-electron chi connectivity index (χ3n) is 5.09. The van der Waals surface area contributed by atoms with Crippen molar-refractivity contribution in [2.45, 2.75) is 45.6 Å². The summed E-state index contributed by atoms with van der Waals surface area (Å²) in [5.41, 5.74) is 3.94. The third kappa shape index (κ3) is 4.01. The van der Waals surface area contributed by atoms with Crippen LogP contribution in [0, 0.1) is 19.7 Å². The van der Waals surface area contributed by atoms with Crippen molar-refractivity contribution in [3.8, 4) is 0 Å². The lowest BCUT2D eigenvalue weighted by atomic mass is 10.0. The Labute approximate surface area is 148 Å². The number of hydrogen-bond acceptors (Lipinski definition) is 1. The summed E-state index contributed by atoms with van der Waals surface area (Å²) in [6.45, 7) is 4.74. The normalized spacial score (nSPS) is 17.9. The van der Waals surface area contributed by atoms with Crippen LogP contribution in [0.2, 0.25) is 0 Å². The molecule has 2 aromatic carbocycles. The minimum absolute atomic E-state index is 0.0803. The zero-order chi connectivity index (χ0) is 17.8. The highest BCUT2D eigenvalue weighted by Crippen LogP contribution is 2.31. The number of amides is 2. The van der Waals surface area contributed by atoms with Crippen molar-refractivity contribution in [2.75, 3.05) is 11.9 Å². The van der Waals surface area contributed by atoms with E-state index in [4.69, 9.17) is 0 Å². The van der Waals surface area contributed by atoms with Crippen LogP contribution in [0.25, 0.3) is 0 Å². The Hall–Kier alpha value is -2.36. The molecule has 0 unspecified atom stereocenters. The highest BCUT2D eigenvalue weighted by Gasteiger charge is 2.27. The fourth-order valence-corrected chi connectivity index (χ4v) is 3.49. The first kappa shape index (κ1) is 17.5. The summed E-state index contributed by atoms with van der Waals surface area (Å²) >= 11 is 0. The standard InChI is InChI=1S/C21H25FN2O/c1-15-8-6-11-19(16(15)2)23-21(25)24-13-5-3-4-12-20(24)17-9-7-10-18(22)14-17/h6-11,14,20H,3-5,12-13H2,1-2H3,(H,23,25)/t20-/m0/s1. The first-order valence-corrected chi connectivity index (χ1v) is 8.95. The van der Waals surface area contributed by atoms with Gasteiger partial charge in [-0.3, -0.25) is 0 Å².